The molecule has 0 saturated carbocycles. The van der Waals surface area contributed by atoms with E-state index in [1.54, 1.807) is 12.1 Å². The normalized spacial score (nSPS) is 15.1. The Kier molecular flexibility index (Phi) is 6.81. The van der Waals surface area contributed by atoms with Crippen molar-refractivity contribution in [2.45, 2.75) is 6.54 Å². The molecule has 1 fully saturated rings. The summed E-state index contributed by atoms with van der Waals surface area (Å²) in [6.45, 7) is 3.94. The second-order valence-electron chi connectivity index (χ2n) is 6.15. The number of amides is 1. The molecular formula is C19H19BrCl2N2O2. The van der Waals surface area contributed by atoms with Crippen molar-refractivity contribution >= 4 is 45.0 Å². The standard InChI is InChI=1S/C19H19BrCl2N2O2/c20-15-3-6-18(17(22)11-15)26-13-19(25)24-9-7-23(8-10-24)12-14-1-4-16(21)5-2-14/h1-6,11H,7-10,12-13H2. The number of carbonyl (C=O) groups excluding carboxylic acids is 1. The number of hydrogen-bond donors (Lipinski definition) is 0. The van der Waals surface area contributed by atoms with Crippen LogP contribution in [0.4, 0.5) is 0 Å². The Hall–Kier alpha value is -1.27. The molecule has 1 aliphatic rings. The molecule has 0 bridgehead atoms. The number of hydrogen-bond acceptors (Lipinski definition) is 3. The van der Waals surface area contributed by atoms with Gasteiger partial charge in [-0.05, 0) is 35.9 Å². The highest BCUT2D eigenvalue weighted by Crippen LogP contribution is 2.27. The summed E-state index contributed by atoms with van der Waals surface area (Å²) in [6, 6.07) is 13.2. The highest BCUT2D eigenvalue weighted by Gasteiger charge is 2.21. The third kappa shape index (κ3) is 5.36. The van der Waals surface area contributed by atoms with Gasteiger partial charge < -0.3 is 9.64 Å². The molecule has 1 saturated heterocycles. The summed E-state index contributed by atoms with van der Waals surface area (Å²) >= 11 is 15.4. The Morgan fingerprint density at radius 1 is 1.04 bits per heavy atom. The molecule has 1 aliphatic heterocycles. The van der Waals surface area contributed by atoms with Gasteiger partial charge >= 0.3 is 0 Å². The van der Waals surface area contributed by atoms with Crippen molar-refractivity contribution in [1.82, 2.24) is 9.80 Å². The quantitative estimate of drug-likeness (QED) is 0.663. The zero-order valence-corrected chi connectivity index (χ0v) is 17.2. The largest absolute Gasteiger partial charge is 0.482 e. The van der Waals surface area contributed by atoms with E-state index in [0.717, 1.165) is 29.1 Å². The maximum absolute atomic E-state index is 12.4. The van der Waals surface area contributed by atoms with Crippen molar-refractivity contribution in [3.05, 3.63) is 62.5 Å². The number of halogens is 3. The van der Waals surface area contributed by atoms with Crippen LogP contribution in [0, 0.1) is 0 Å². The second-order valence-corrected chi connectivity index (χ2v) is 7.91. The minimum atomic E-state index is -0.0184. The van der Waals surface area contributed by atoms with Crippen LogP contribution in [0.15, 0.2) is 46.9 Å². The molecule has 3 rings (SSSR count). The van der Waals surface area contributed by atoms with Crippen LogP contribution in [-0.4, -0.2) is 48.5 Å². The highest BCUT2D eigenvalue weighted by atomic mass is 79.9. The van der Waals surface area contributed by atoms with Crippen LogP contribution in [-0.2, 0) is 11.3 Å². The SMILES string of the molecule is O=C(COc1ccc(Br)cc1Cl)N1CCN(Cc2ccc(Cl)cc2)CC1. The van der Waals surface area contributed by atoms with Gasteiger partial charge in [-0.15, -0.1) is 0 Å². The summed E-state index contributed by atoms with van der Waals surface area (Å²) in [5, 5.41) is 1.23. The molecular weight excluding hydrogens is 439 g/mol. The molecule has 1 heterocycles. The predicted molar refractivity (Wildman–Crippen MR) is 108 cm³/mol. The zero-order valence-electron chi connectivity index (χ0n) is 14.1. The summed E-state index contributed by atoms with van der Waals surface area (Å²) in [5.74, 6) is 0.500. The van der Waals surface area contributed by atoms with Crippen LogP contribution in [0.2, 0.25) is 10.0 Å². The summed E-state index contributed by atoms with van der Waals surface area (Å²) in [6.07, 6.45) is 0. The van der Waals surface area contributed by atoms with Crippen molar-refractivity contribution < 1.29 is 9.53 Å². The first-order valence-electron chi connectivity index (χ1n) is 8.34. The van der Waals surface area contributed by atoms with Crippen LogP contribution in [0.5, 0.6) is 5.75 Å². The summed E-state index contributed by atoms with van der Waals surface area (Å²) in [7, 11) is 0. The maximum Gasteiger partial charge on any atom is 0.260 e. The van der Waals surface area contributed by atoms with Crippen molar-refractivity contribution in [3.63, 3.8) is 0 Å². The van der Waals surface area contributed by atoms with Crippen LogP contribution >= 0.6 is 39.1 Å². The molecule has 0 N–H and O–H groups in total. The minimum absolute atomic E-state index is 0.00145. The molecule has 26 heavy (non-hydrogen) atoms. The van der Waals surface area contributed by atoms with Gasteiger partial charge in [0.05, 0.1) is 5.02 Å². The topological polar surface area (TPSA) is 32.8 Å². The van der Waals surface area contributed by atoms with E-state index in [-0.39, 0.29) is 12.5 Å². The molecule has 0 aliphatic carbocycles. The molecule has 2 aromatic rings. The molecule has 0 atom stereocenters. The highest BCUT2D eigenvalue weighted by molar-refractivity contribution is 9.10. The number of carbonyl (C=O) groups is 1. The van der Waals surface area contributed by atoms with Gasteiger partial charge in [0, 0.05) is 42.2 Å². The van der Waals surface area contributed by atoms with Crippen LogP contribution in [0.25, 0.3) is 0 Å². The monoisotopic (exact) mass is 456 g/mol. The summed E-state index contributed by atoms with van der Waals surface area (Å²) < 4.78 is 6.44. The summed E-state index contributed by atoms with van der Waals surface area (Å²) in [4.78, 5) is 16.5. The Balaban J connectivity index is 1.45. The molecule has 138 valence electrons. The molecule has 0 radical (unpaired) electrons. The minimum Gasteiger partial charge on any atom is -0.482 e. The van der Waals surface area contributed by atoms with E-state index in [2.05, 4.69) is 20.8 Å². The van der Waals surface area contributed by atoms with Gasteiger partial charge in [0.15, 0.2) is 6.61 Å². The number of ether oxygens (including phenoxy) is 1. The van der Waals surface area contributed by atoms with E-state index in [9.17, 15) is 4.79 Å². The maximum atomic E-state index is 12.4. The molecule has 0 spiro atoms. The average Bonchev–Trinajstić information content (AvgIpc) is 2.63. The Bertz CT molecular complexity index is 763. The lowest BCUT2D eigenvalue weighted by atomic mass is 10.2. The van der Waals surface area contributed by atoms with E-state index in [1.807, 2.05) is 35.2 Å². The van der Waals surface area contributed by atoms with Gasteiger partial charge in [0.2, 0.25) is 0 Å². The lowest BCUT2D eigenvalue weighted by molar-refractivity contribution is -0.135. The van der Waals surface area contributed by atoms with E-state index in [4.69, 9.17) is 27.9 Å². The Morgan fingerprint density at radius 2 is 1.73 bits per heavy atom. The van der Waals surface area contributed by atoms with Crippen molar-refractivity contribution in [3.8, 4) is 5.75 Å². The molecule has 0 aromatic heterocycles. The summed E-state index contributed by atoms with van der Waals surface area (Å²) in [5.41, 5.74) is 1.22. The van der Waals surface area contributed by atoms with Gasteiger partial charge in [-0.25, -0.2) is 0 Å². The van der Waals surface area contributed by atoms with Gasteiger partial charge in [0.25, 0.3) is 5.91 Å². The average molecular weight is 458 g/mol. The first-order valence-corrected chi connectivity index (χ1v) is 9.88. The van der Waals surface area contributed by atoms with Crippen LogP contribution < -0.4 is 4.74 Å². The fraction of sp³-hybridized carbons (Fsp3) is 0.316. The first kappa shape index (κ1) is 19.5. The molecule has 2 aromatic carbocycles. The van der Waals surface area contributed by atoms with Gasteiger partial charge in [0.1, 0.15) is 5.75 Å². The van der Waals surface area contributed by atoms with Crippen molar-refractivity contribution in [1.29, 1.82) is 0 Å². The predicted octanol–water partition coefficient (Wildman–Crippen LogP) is 4.48. The van der Waals surface area contributed by atoms with Crippen molar-refractivity contribution in [2.24, 2.45) is 0 Å². The molecule has 4 nitrogen and oxygen atoms in total. The fourth-order valence-corrected chi connectivity index (χ4v) is 3.68. The number of rotatable bonds is 5. The number of benzene rings is 2. The van der Waals surface area contributed by atoms with E-state index < -0.39 is 0 Å². The van der Waals surface area contributed by atoms with Gasteiger partial charge in [-0.2, -0.15) is 0 Å². The second kappa shape index (κ2) is 9.09. The van der Waals surface area contributed by atoms with Crippen LogP contribution in [0.1, 0.15) is 5.56 Å². The lowest BCUT2D eigenvalue weighted by Crippen LogP contribution is -2.49. The van der Waals surface area contributed by atoms with Crippen molar-refractivity contribution in [2.75, 3.05) is 32.8 Å². The van der Waals surface area contributed by atoms with E-state index in [1.165, 1.54) is 5.56 Å². The molecule has 7 heteroatoms. The third-order valence-electron chi connectivity index (χ3n) is 4.29. The number of nitrogens with zero attached hydrogens (tertiary/aromatic N) is 2. The third-order valence-corrected chi connectivity index (χ3v) is 5.33. The first-order chi connectivity index (χ1) is 12.5. The lowest BCUT2D eigenvalue weighted by Gasteiger charge is -2.34. The van der Waals surface area contributed by atoms with Crippen LogP contribution in [0.3, 0.4) is 0 Å². The van der Waals surface area contributed by atoms with E-state index in [0.29, 0.717) is 23.9 Å². The molecule has 1 amide bonds. The smallest absolute Gasteiger partial charge is 0.260 e. The van der Waals surface area contributed by atoms with Gasteiger partial charge in [-0.1, -0.05) is 51.3 Å². The Labute approximate surface area is 171 Å². The Morgan fingerprint density at radius 3 is 2.38 bits per heavy atom. The fourth-order valence-electron chi connectivity index (χ4n) is 2.83. The van der Waals surface area contributed by atoms with Gasteiger partial charge in [-0.3, -0.25) is 9.69 Å². The molecule has 0 unspecified atom stereocenters. The zero-order chi connectivity index (χ0) is 18.5. The van der Waals surface area contributed by atoms with E-state index >= 15 is 0 Å². The number of piperazine rings is 1.